The quantitative estimate of drug-likeness (QED) is 0.559. The van der Waals surface area contributed by atoms with Crippen molar-refractivity contribution in [1.29, 1.82) is 0 Å². The second-order valence-corrected chi connectivity index (χ2v) is 3.67. The summed E-state index contributed by atoms with van der Waals surface area (Å²) in [5.74, 6) is 0.153. The summed E-state index contributed by atoms with van der Waals surface area (Å²) in [4.78, 5) is 19.1. The van der Waals surface area contributed by atoms with Gasteiger partial charge in [-0.2, -0.15) is 0 Å². The number of ether oxygens (including phenoxy) is 2. The molecule has 1 N–H and O–H groups in total. The minimum absolute atomic E-state index is 0.203. The van der Waals surface area contributed by atoms with Gasteiger partial charge in [-0.25, -0.2) is 14.8 Å². The smallest absolute Gasteiger partial charge is 0.358 e. The first-order valence-electron chi connectivity index (χ1n) is 6.00. The van der Waals surface area contributed by atoms with E-state index in [9.17, 15) is 4.79 Å². The Morgan fingerprint density at radius 2 is 2.17 bits per heavy atom. The van der Waals surface area contributed by atoms with Crippen LogP contribution in [0.5, 0.6) is 0 Å². The molecule has 1 heterocycles. The summed E-state index contributed by atoms with van der Waals surface area (Å²) < 4.78 is 9.88. The highest BCUT2D eigenvalue weighted by Crippen LogP contribution is 2.02. The second-order valence-electron chi connectivity index (χ2n) is 3.67. The van der Waals surface area contributed by atoms with Crippen LogP contribution in [0.4, 0.5) is 5.82 Å². The maximum absolute atomic E-state index is 11.1. The highest BCUT2D eigenvalue weighted by molar-refractivity contribution is 5.86. The van der Waals surface area contributed by atoms with E-state index < -0.39 is 5.97 Å². The van der Waals surface area contributed by atoms with Gasteiger partial charge in [0, 0.05) is 19.8 Å². The van der Waals surface area contributed by atoms with Gasteiger partial charge in [-0.1, -0.05) is 6.92 Å². The largest absolute Gasteiger partial charge is 0.464 e. The Labute approximate surface area is 107 Å². The molecule has 0 aliphatic carbocycles. The molecule has 0 aliphatic heterocycles. The highest BCUT2D eigenvalue weighted by Gasteiger charge is 2.06. The van der Waals surface area contributed by atoms with Gasteiger partial charge in [-0.05, 0) is 12.8 Å². The predicted molar refractivity (Wildman–Crippen MR) is 67.6 cm³/mol. The van der Waals surface area contributed by atoms with Gasteiger partial charge in [0.1, 0.15) is 5.82 Å². The standard InChI is InChI=1S/C12H19N3O3/c1-3-6-18-7-4-5-13-11-9-14-10(8-15-11)12(16)17-2/h8-9H,3-7H2,1-2H3,(H,13,15). The number of carbonyl (C=O) groups is 1. The molecule has 1 rings (SSSR count). The van der Waals surface area contributed by atoms with Gasteiger partial charge in [-0.15, -0.1) is 0 Å². The highest BCUT2D eigenvalue weighted by atomic mass is 16.5. The van der Waals surface area contributed by atoms with E-state index in [2.05, 4.69) is 26.9 Å². The summed E-state index contributed by atoms with van der Waals surface area (Å²) in [5, 5.41) is 3.10. The van der Waals surface area contributed by atoms with E-state index in [1.165, 1.54) is 19.5 Å². The molecule has 0 fully saturated rings. The summed E-state index contributed by atoms with van der Waals surface area (Å²) >= 11 is 0. The number of nitrogens with one attached hydrogen (secondary N) is 1. The molecule has 0 saturated carbocycles. The van der Waals surface area contributed by atoms with E-state index in [0.29, 0.717) is 5.82 Å². The average Bonchev–Trinajstić information content (AvgIpc) is 2.42. The molecule has 0 amide bonds. The Hall–Kier alpha value is -1.69. The first-order valence-corrected chi connectivity index (χ1v) is 6.00. The van der Waals surface area contributed by atoms with Crippen molar-refractivity contribution < 1.29 is 14.3 Å². The maximum Gasteiger partial charge on any atom is 0.358 e. The van der Waals surface area contributed by atoms with Crippen LogP contribution in [-0.2, 0) is 9.47 Å². The Bertz CT molecular complexity index is 354. The molecule has 0 aliphatic rings. The number of methoxy groups -OCH3 is 1. The van der Waals surface area contributed by atoms with Crippen molar-refractivity contribution in [2.75, 3.05) is 32.2 Å². The SMILES string of the molecule is CCCOCCCNc1cnc(C(=O)OC)cn1. The van der Waals surface area contributed by atoms with Crippen LogP contribution in [0.3, 0.4) is 0 Å². The van der Waals surface area contributed by atoms with Crippen molar-refractivity contribution in [1.82, 2.24) is 9.97 Å². The molecular weight excluding hydrogens is 234 g/mol. The lowest BCUT2D eigenvalue weighted by atomic mass is 10.4. The van der Waals surface area contributed by atoms with Crippen LogP contribution in [0, 0.1) is 0 Å². The molecule has 1 aromatic heterocycles. The maximum atomic E-state index is 11.1. The van der Waals surface area contributed by atoms with Crippen molar-refractivity contribution >= 4 is 11.8 Å². The molecular formula is C12H19N3O3. The van der Waals surface area contributed by atoms with Gasteiger partial charge < -0.3 is 14.8 Å². The van der Waals surface area contributed by atoms with E-state index in [-0.39, 0.29) is 5.69 Å². The lowest BCUT2D eigenvalue weighted by Crippen LogP contribution is -2.09. The zero-order valence-electron chi connectivity index (χ0n) is 10.8. The van der Waals surface area contributed by atoms with Gasteiger partial charge >= 0.3 is 5.97 Å². The number of nitrogens with zero attached hydrogens (tertiary/aromatic N) is 2. The fourth-order valence-electron chi connectivity index (χ4n) is 1.27. The third-order valence-electron chi connectivity index (χ3n) is 2.17. The van der Waals surface area contributed by atoms with E-state index in [1.807, 2.05) is 0 Å². The summed E-state index contributed by atoms with van der Waals surface area (Å²) in [7, 11) is 1.31. The van der Waals surface area contributed by atoms with Crippen LogP contribution in [0.25, 0.3) is 0 Å². The molecule has 6 nitrogen and oxygen atoms in total. The van der Waals surface area contributed by atoms with Crippen LogP contribution in [-0.4, -0.2) is 42.8 Å². The number of anilines is 1. The topological polar surface area (TPSA) is 73.3 Å². The summed E-state index contributed by atoms with van der Waals surface area (Å²) in [6, 6.07) is 0. The Morgan fingerprint density at radius 1 is 1.33 bits per heavy atom. The van der Waals surface area contributed by atoms with Gasteiger partial charge in [-0.3, -0.25) is 0 Å². The Balaban J connectivity index is 2.25. The summed E-state index contributed by atoms with van der Waals surface area (Å²) in [5.41, 5.74) is 0.203. The first-order chi connectivity index (χ1) is 8.77. The predicted octanol–water partition coefficient (Wildman–Crippen LogP) is 1.49. The zero-order valence-corrected chi connectivity index (χ0v) is 10.8. The molecule has 1 aromatic rings. The van der Waals surface area contributed by atoms with Crippen LogP contribution >= 0.6 is 0 Å². The minimum atomic E-state index is -0.484. The second kappa shape index (κ2) is 8.41. The van der Waals surface area contributed by atoms with Crippen molar-refractivity contribution in [2.24, 2.45) is 0 Å². The van der Waals surface area contributed by atoms with Crippen LogP contribution in [0.2, 0.25) is 0 Å². The third-order valence-corrected chi connectivity index (χ3v) is 2.17. The molecule has 0 saturated heterocycles. The zero-order chi connectivity index (χ0) is 13.2. The van der Waals surface area contributed by atoms with Crippen LogP contribution in [0.15, 0.2) is 12.4 Å². The first kappa shape index (κ1) is 14.4. The van der Waals surface area contributed by atoms with Gasteiger partial charge in [0.25, 0.3) is 0 Å². The number of esters is 1. The molecule has 0 bridgehead atoms. The number of hydrogen-bond donors (Lipinski definition) is 1. The summed E-state index contributed by atoms with van der Waals surface area (Å²) in [6.45, 7) is 4.37. The minimum Gasteiger partial charge on any atom is -0.464 e. The fourth-order valence-corrected chi connectivity index (χ4v) is 1.27. The molecule has 100 valence electrons. The molecule has 0 unspecified atom stereocenters. The number of rotatable bonds is 8. The molecule has 0 radical (unpaired) electrons. The molecule has 18 heavy (non-hydrogen) atoms. The number of aromatic nitrogens is 2. The number of carbonyl (C=O) groups excluding carboxylic acids is 1. The van der Waals surface area contributed by atoms with Crippen molar-refractivity contribution in [3.05, 3.63) is 18.1 Å². The van der Waals surface area contributed by atoms with Crippen LogP contribution < -0.4 is 5.32 Å². The van der Waals surface area contributed by atoms with Gasteiger partial charge in [0.05, 0.1) is 19.5 Å². The average molecular weight is 253 g/mol. The molecule has 0 atom stereocenters. The molecule has 6 heteroatoms. The monoisotopic (exact) mass is 253 g/mol. The van der Waals surface area contributed by atoms with E-state index in [1.54, 1.807) is 0 Å². The third kappa shape index (κ3) is 5.09. The summed E-state index contributed by atoms with van der Waals surface area (Å²) in [6.07, 6.45) is 4.84. The lowest BCUT2D eigenvalue weighted by Gasteiger charge is -2.06. The number of hydrogen-bond acceptors (Lipinski definition) is 6. The van der Waals surface area contributed by atoms with Crippen molar-refractivity contribution in [2.45, 2.75) is 19.8 Å². The van der Waals surface area contributed by atoms with E-state index in [0.717, 1.165) is 32.6 Å². The van der Waals surface area contributed by atoms with Crippen molar-refractivity contribution in [3.63, 3.8) is 0 Å². The Kier molecular flexibility index (Phi) is 6.71. The molecule has 0 aromatic carbocycles. The normalized spacial score (nSPS) is 10.1. The van der Waals surface area contributed by atoms with E-state index in [4.69, 9.17) is 4.74 Å². The van der Waals surface area contributed by atoms with Gasteiger partial charge in [0.2, 0.25) is 0 Å². The lowest BCUT2D eigenvalue weighted by molar-refractivity contribution is 0.0593. The van der Waals surface area contributed by atoms with Crippen molar-refractivity contribution in [3.8, 4) is 0 Å². The fraction of sp³-hybridized carbons (Fsp3) is 0.583. The Morgan fingerprint density at radius 3 is 2.78 bits per heavy atom. The molecule has 0 spiro atoms. The van der Waals surface area contributed by atoms with Gasteiger partial charge in [0.15, 0.2) is 5.69 Å². The van der Waals surface area contributed by atoms with E-state index >= 15 is 0 Å². The van der Waals surface area contributed by atoms with Crippen LogP contribution in [0.1, 0.15) is 30.3 Å².